The average molecular weight is 493 g/mol. The van der Waals surface area contributed by atoms with Crippen molar-refractivity contribution >= 4 is 39.6 Å². The van der Waals surface area contributed by atoms with Crippen LogP contribution in [0.4, 0.5) is 0 Å². The lowest BCUT2D eigenvalue weighted by atomic mass is 10.00. The standard InChI is InChI=1S/C35H30NSi/c1-27-14-12-13-21-33(27)35-34-23-22-32(26-28(34)24-25-36(35)2)37(29-15-6-3-7-16-29,30-17-8-4-9-18-30)31-19-10-5-11-20-31/h3-26H,1-2H3/q+1. The molecule has 0 aliphatic carbocycles. The van der Waals surface area contributed by atoms with Gasteiger partial charge in [0.15, 0.2) is 14.3 Å². The number of rotatable bonds is 5. The molecule has 0 bridgehead atoms. The van der Waals surface area contributed by atoms with Gasteiger partial charge in [-0.05, 0) is 50.8 Å². The molecule has 0 spiro atoms. The van der Waals surface area contributed by atoms with E-state index in [1.54, 1.807) is 0 Å². The van der Waals surface area contributed by atoms with Gasteiger partial charge in [-0.2, -0.15) is 0 Å². The number of benzene rings is 5. The number of hydrogen-bond donors (Lipinski definition) is 0. The number of hydrogen-bond acceptors (Lipinski definition) is 0. The molecule has 6 rings (SSSR count). The largest absolute Gasteiger partial charge is 0.220 e. The molecule has 0 saturated carbocycles. The molecule has 0 radical (unpaired) electrons. The minimum atomic E-state index is -2.55. The van der Waals surface area contributed by atoms with Crippen LogP contribution < -0.4 is 25.3 Å². The third-order valence-corrected chi connectivity index (χ3v) is 12.4. The Morgan fingerprint density at radius 1 is 0.514 bits per heavy atom. The maximum Gasteiger partial charge on any atom is 0.220 e. The van der Waals surface area contributed by atoms with Crippen LogP contribution in [0.15, 0.2) is 146 Å². The molecule has 0 N–H and O–H groups in total. The van der Waals surface area contributed by atoms with Gasteiger partial charge in [0, 0.05) is 11.6 Å². The van der Waals surface area contributed by atoms with Gasteiger partial charge in [-0.15, -0.1) is 0 Å². The molecule has 1 nitrogen and oxygen atoms in total. The average Bonchev–Trinajstić information content (AvgIpc) is 2.96. The van der Waals surface area contributed by atoms with Crippen molar-refractivity contribution in [3.8, 4) is 11.3 Å². The maximum atomic E-state index is 2.45. The van der Waals surface area contributed by atoms with Crippen LogP contribution in [0.25, 0.3) is 22.0 Å². The lowest BCUT2D eigenvalue weighted by molar-refractivity contribution is -0.659. The number of aromatic nitrogens is 1. The molecular weight excluding hydrogens is 462 g/mol. The van der Waals surface area contributed by atoms with E-state index in [4.69, 9.17) is 0 Å². The van der Waals surface area contributed by atoms with Crippen molar-refractivity contribution in [1.82, 2.24) is 0 Å². The van der Waals surface area contributed by atoms with Crippen LogP contribution in [0, 0.1) is 6.92 Å². The quantitative estimate of drug-likeness (QED) is 0.181. The Morgan fingerprint density at radius 3 is 1.57 bits per heavy atom. The summed E-state index contributed by atoms with van der Waals surface area (Å²) in [6.07, 6.45) is 2.20. The van der Waals surface area contributed by atoms with E-state index in [2.05, 4.69) is 164 Å². The summed E-state index contributed by atoms with van der Waals surface area (Å²) in [4.78, 5) is 0. The van der Waals surface area contributed by atoms with Crippen molar-refractivity contribution in [1.29, 1.82) is 0 Å². The zero-order valence-corrected chi connectivity index (χ0v) is 22.3. The zero-order valence-electron chi connectivity index (χ0n) is 21.3. The summed E-state index contributed by atoms with van der Waals surface area (Å²) in [6, 6.07) is 51.5. The molecule has 0 saturated heterocycles. The molecule has 37 heavy (non-hydrogen) atoms. The van der Waals surface area contributed by atoms with Gasteiger partial charge >= 0.3 is 0 Å². The first kappa shape index (κ1) is 23.1. The number of nitrogens with zero attached hydrogens (tertiary/aromatic N) is 1. The topological polar surface area (TPSA) is 3.88 Å². The van der Waals surface area contributed by atoms with E-state index in [-0.39, 0.29) is 0 Å². The van der Waals surface area contributed by atoms with Gasteiger partial charge < -0.3 is 0 Å². The van der Waals surface area contributed by atoms with Crippen molar-refractivity contribution in [3.63, 3.8) is 0 Å². The first-order chi connectivity index (χ1) is 18.2. The lowest BCUT2D eigenvalue weighted by Gasteiger charge is -2.34. The zero-order chi connectivity index (χ0) is 25.2. The van der Waals surface area contributed by atoms with Crippen molar-refractivity contribution in [3.05, 3.63) is 151 Å². The van der Waals surface area contributed by atoms with E-state index in [9.17, 15) is 0 Å². The molecule has 0 atom stereocenters. The fraction of sp³-hybridized carbons (Fsp3) is 0.0571. The van der Waals surface area contributed by atoms with Gasteiger partial charge in [0.2, 0.25) is 5.69 Å². The Bertz CT molecular complexity index is 1580. The maximum absolute atomic E-state index is 2.55. The van der Waals surface area contributed by atoms with Gasteiger partial charge in [0.05, 0.1) is 5.39 Å². The fourth-order valence-electron chi connectivity index (χ4n) is 5.84. The summed E-state index contributed by atoms with van der Waals surface area (Å²) >= 11 is 0. The van der Waals surface area contributed by atoms with Crippen LogP contribution in [-0.4, -0.2) is 8.07 Å². The fourth-order valence-corrected chi connectivity index (χ4v) is 10.6. The smallest absolute Gasteiger partial charge is 0.200 e. The molecule has 0 unspecified atom stereocenters. The number of aryl methyl sites for hydroxylation is 2. The molecule has 1 aromatic heterocycles. The summed E-state index contributed by atoms with van der Waals surface area (Å²) in [7, 11) is -0.400. The van der Waals surface area contributed by atoms with Crippen molar-refractivity contribution in [2.24, 2.45) is 7.05 Å². The minimum absolute atomic E-state index is 1.26. The van der Waals surface area contributed by atoms with E-state index in [1.165, 1.54) is 48.3 Å². The van der Waals surface area contributed by atoms with Crippen LogP contribution in [-0.2, 0) is 7.05 Å². The van der Waals surface area contributed by atoms with Gasteiger partial charge in [-0.25, -0.2) is 4.57 Å². The molecule has 0 amide bonds. The Kier molecular flexibility index (Phi) is 6.03. The summed E-state index contributed by atoms with van der Waals surface area (Å²) in [6.45, 7) is 2.20. The third kappa shape index (κ3) is 3.91. The molecule has 2 heteroatoms. The number of pyridine rings is 1. The summed E-state index contributed by atoms with van der Waals surface area (Å²) in [5.74, 6) is 0. The molecule has 0 aliphatic heterocycles. The SMILES string of the molecule is Cc1ccccc1-c1c2ccc([Si](c3ccccc3)(c3ccccc3)c3ccccc3)cc2cc[n+]1C. The third-order valence-electron chi connectivity index (χ3n) is 7.59. The number of fused-ring (bicyclic) bond motifs is 1. The lowest BCUT2D eigenvalue weighted by Crippen LogP contribution is -2.74. The Hall–Kier alpha value is -4.27. The summed E-state index contributed by atoms with van der Waals surface area (Å²) in [5, 5.41) is 8.13. The highest BCUT2D eigenvalue weighted by atomic mass is 28.3. The van der Waals surface area contributed by atoms with Crippen molar-refractivity contribution in [2.45, 2.75) is 6.92 Å². The highest BCUT2D eigenvalue weighted by molar-refractivity contribution is 7.20. The molecule has 0 fully saturated rings. The van der Waals surface area contributed by atoms with Crippen LogP contribution in [0.2, 0.25) is 0 Å². The first-order valence-corrected chi connectivity index (χ1v) is 14.8. The molecule has 0 aliphatic rings. The van der Waals surface area contributed by atoms with E-state index < -0.39 is 8.07 Å². The normalized spacial score (nSPS) is 11.5. The minimum Gasteiger partial charge on any atom is -0.200 e. The van der Waals surface area contributed by atoms with Crippen LogP contribution >= 0.6 is 0 Å². The van der Waals surface area contributed by atoms with Crippen LogP contribution in [0.5, 0.6) is 0 Å². The first-order valence-electron chi connectivity index (χ1n) is 12.8. The second-order valence-corrected chi connectivity index (χ2v) is 13.5. The monoisotopic (exact) mass is 492 g/mol. The second kappa shape index (κ2) is 9.65. The van der Waals surface area contributed by atoms with Crippen LogP contribution in [0.1, 0.15) is 5.56 Å². The predicted molar refractivity (Wildman–Crippen MR) is 159 cm³/mol. The summed E-state index contributed by atoms with van der Waals surface area (Å²) < 4.78 is 2.25. The van der Waals surface area contributed by atoms with Gasteiger partial charge in [0.1, 0.15) is 7.05 Å². The summed E-state index contributed by atoms with van der Waals surface area (Å²) in [5.41, 5.74) is 3.82. The highest BCUT2D eigenvalue weighted by Gasteiger charge is 2.41. The molecule has 1 heterocycles. The van der Waals surface area contributed by atoms with E-state index in [1.807, 2.05) is 0 Å². The Labute approximate surface area is 220 Å². The van der Waals surface area contributed by atoms with Gasteiger partial charge in [-0.1, -0.05) is 121 Å². The molecule has 5 aromatic carbocycles. The van der Waals surface area contributed by atoms with Crippen molar-refractivity contribution < 1.29 is 4.57 Å². The van der Waals surface area contributed by atoms with Gasteiger partial charge in [0.25, 0.3) is 0 Å². The molecular formula is C35H30NSi+. The Morgan fingerprint density at radius 2 is 1.03 bits per heavy atom. The molecule has 6 aromatic rings. The highest BCUT2D eigenvalue weighted by Crippen LogP contribution is 2.27. The van der Waals surface area contributed by atoms with Crippen LogP contribution in [0.3, 0.4) is 0 Å². The van der Waals surface area contributed by atoms with Crippen molar-refractivity contribution in [2.75, 3.05) is 0 Å². The van der Waals surface area contributed by atoms with E-state index in [0.717, 1.165) is 0 Å². The second-order valence-electron chi connectivity index (χ2n) is 9.74. The van der Waals surface area contributed by atoms with E-state index >= 15 is 0 Å². The molecule has 178 valence electrons. The van der Waals surface area contributed by atoms with E-state index in [0.29, 0.717) is 0 Å². The predicted octanol–water partition coefficient (Wildman–Crippen LogP) is 5.02. The Balaban J connectivity index is 1.69. The van der Waals surface area contributed by atoms with Gasteiger partial charge in [-0.3, -0.25) is 0 Å².